The highest BCUT2D eigenvalue weighted by Crippen LogP contribution is 2.17. The van der Waals surface area contributed by atoms with E-state index in [2.05, 4.69) is 20.7 Å². The molecule has 2 N–H and O–H groups in total. The Morgan fingerprint density at radius 3 is 2.78 bits per heavy atom. The van der Waals surface area contributed by atoms with Gasteiger partial charge < -0.3 is 10.6 Å². The first-order valence-corrected chi connectivity index (χ1v) is 5.55. The van der Waals surface area contributed by atoms with Gasteiger partial charge in [0.15, 0.2) is 0 Å². The Morgan fingerprint density at radius 2 is 2.17 bits per heavy atom. The van der Waals surface area contributed by atoms with E-state index >= 15 is 0 Å². The normalized spacial score (nSPS) is 10.2. The fourth-order valence-corrected chi connectivity index (χ4v) is 1.71. The van der Waals surface area contributed by atoms with Crippen molar-refractivity contribution in [3.05, 3.63) is 35.9 Å². The fourth-order valence-electron chi connectivity index (χ4n) is 1.71. The molecule has 0 bridgehead atoms. The number of nitrogens with one attached hydrogen (secondary N) is 2. The zero-order valence-electron chi connectivity index (χ0n) is 10.6. The van der Waals surface area contributed by atoms with Crippen molar-refractivity contribution in [2.24, 2.45) is 7.05 Å². The van der Waals surface area contributed by atoms with Crippen LogP contribution in [0.2, 0.25) is 0 Å². The monoisotopic (exact) mass is 245 g/mol. The fraction of sp³-hybridized carbons (Fsp3) is 0.250. The van der Waals surface area contributed by atoms with Crippen molar-refractivity contribution < 1.29 is 4.79 Å². The summed E-state index contributed by atoms with van der Waals surface area (Å²) >= 11 is 0. The lowest BCUT2D eigenvalue weighted by Crippen LogP contribution is -2.14. The Hall–Kier alpha value is -2.37. The van der Waals surface area contributed by atoms with E-state index in [1.54, 1.807) is 30.2 Å². The molecule has 0 unspecified atom stereocenters. The molecule has 0 atom stereocenters. The molecule has 0 aliphatic carbocycles. The summed E-state index contributed by atoms with van der Waals surface area (Å²) in [5.74, 6) is -0.205. The number of anilines is 2. The van der Waals surface area contributed by atoms with Crippen LogP contribution in [0.1, 0.15) is 16.1 Å². The van der Waals surface area contributed by atoms with Crippen molar-refractivity contribution in [3.63, 3.8) is 0 Å². The van der Waals surface area contributed by atoms with Crippen molar-refractivity contribution in [2.45, 2.75) is 6.92 Å². The van der Waals surface area contributed by atoms with E-state index in [0.717, 1.165) is 11.4 Å². The largest absolute Gasteiger partial charge is 0.387 e. The molecule has 0 aliphatic heterocycles. The second-order valence-corrected chi connectivity index (χ2v) is 3.93. The van der Waals surface area contributed by atoms with Crippen LogP contribution in [0.25, 0.3) is 0 Å². The number of amides is 1. The number of aromatic nitrogens is 3. The second kappa shape index (κ2) is 4.87. The van der Waals surface area contributed by atoms with Gasteiger partial charge in [-0.3, -0.25) is 14.5 Å². The van der Waals surface area contributed by atoms with Gasteiger partial charge in [-0.2, -0.15) is 5.10 Å². The third kappa shape index (κ3) is 2.32. The lowest BCUT2D eigenvalue weighted by molar-refractivity contribution is 0.102. The molecule has 0 saturated carbocycles. The van der Waals surface area contributed by atoms with Crippen LogP contribution in [0.4, 0.5) is 11.4 Å². The molecular weight excluding hydrogens is 230 g/mol. The second-order valence-electron chi connectivity index (χ2n) is 3.93. The summed E-state index contributed by atoms with van der Waals surface area (Å²) in [6.45, 7) is 1.85. The highest BCUT2D eigenvalue weighted by atomic mass is 16.1. The van der Waals surface area contributed by atoms with Crippen LogP contribution in [-0.4, -0.2) is 27.7 Å². The Bertz CT molecular complexity index is 576. The Morgan fingerprint density at radius 1 is 1.39 bits per heavy atom. The van der Waals surface area contributed by atoms with Gasteiger partial charge in [0.05, 0.1) is 16.9 Å². The highest BCUT2D eigenvalue weighted by Gasteiger charge is 2.13. The summed E-state index contributed by atoms with van der Waals surface area (Å²) in [6, 6.07) is 1.75. The van der Waals surface area contributed by atoms with Crippen molar-refractivity contribution in [1.82, 2.24) is 14.8 Å². The zero-order valence-corrected chi connectivity index (χ0v) is 10.6. The molecule has 2 rings (SSSR count). The minimum Gasteiger partial charge on any atom is -0.387 e. The molecule has 0 aliphatic rings. The quantitative estimate of drug-likeness (QED) is 0.857. The van der Waals surface area contributed by atoms with Crippen molar-refractivity contribution in [1.29, 1.82) is 0 Å². The maximum Gasteiger partial charge on any atom is 0.259 e. The Labute approximate surface area is 105 Å². The van der Waals surface area contributed by atoms with E-state index in [4.69, 9.17) is 0 Å². The lowest BCUT2D eigenvalue weighted by atomic mass is 10.2. The Kier molecular flexibility index (Phi) is 3.27. The molecule has 2 aromatic heterocycles. The van der Waals surface area contributed by atoms with Gasteiger partial charge in [-0.05, 0) is 13.0 Å². The molecule has 0 spiro atoms. The van der Waals surface area contributed by atoms with Crippen molar-refractivity contribution in [3.8, 4) is 0 Å². The summed E-state index contributed by atoms with van der Waals surface area (Å²) in [4.78, 5) is 16.1. The predicted octanol–water partition coefficient (Wildman–Crippen LogP) is 1.42. The average molecular weight is 245 g/mol. The van der Waals surface area contributed by atoms with E-state index < -0.39 is 0 Å². The van der Waals surface area contributed by atoms with Gasteiger partial charge in [-0.25, -0.2) is 0 Å². The lowest BCUT2D eigenvalue weighted by Gasteiger charge is -2.08. The average Bonchev–Trinajstić information content (AvgIpc) is 2.67. The van der Waals surface area contributed by atoms with Gasteiger partial charge in [0.25, 0.3) is 5.91 Å². The third-order valence-corrected chi connectivity index (χ3v) is 2.60. The van der Waals surface area contributed by atoms with Gasteiger partial charge in [0.2, 0.25) is 0 Å². The van der Waals surface area contributed by atoms with Crippen LogP contribution in [0, 0.1) is 6.92 Å². The van der Waals surface area contributed by atoms with Crippen LogP contribution in [0.3, 0.4) is 0 Å². The predicted molar refractivity (Wildman–Crippen MR) is 69.7 cm³/mol. The molecule has 2 aromatic rings. The number of rotatable bonds is 3. The summed E-state index contributed by atoms with van der Waals surface area (Å²) in [7, 11) is 3.58. The van der Waals surface area contributed by atoms with Crippen LogP contribution < -0.4 is 10.6 Å². The topological polar surface area (TPSA) is 71.8 Å². The number of hydrogen-bond donors (Lipinski definition) is 2. The number of aryl methyl sites for hydroxylation is 2. The molecule has 1 amide bonds. The molecule has 0 radical (unpaired) electrons. The molecule has 0 saturated heterocycles. The first-order chi connectivity index (χ1) is 8.61. The van der Waals surface area contributed by atoms with Crippen molar-refractivity contribution in [2.75, 3.05) is 17.7 Å². The van der Waals surface area contributed by atoms with Gasteiger partial charge in [0, 0.05) is 38.4 Å². The Balaban J connectivity index is 2.24. The molecule has 6 heteroatoms. The molecule has 6 nitrogen and oxygen atoms in total. The van der Waals surface area contributed by atoms with Crippen LogP contribution in [-0.2, 0) is 7.05 Å². The molecule has 0 fully saturated rings. The summed E-state index contributed by atoms with van der Waals surface area (Å²) in [5.41, 5.74) is 2.72. The van der Waals surface area contributed by atoms with Gasteiger partial charge >= 0.3 is 0 Å². The maximum absolute atomic E-state index is 12.1. The van der Waals surface area contributed by atoms with Crippen LogP contribution in [0.5, 0.6) is 0 Å². The maximum atomic E-state index is 12.1. The smallest absolute Gasteiger partial charge is 0.259 e. The molecule has 94 valence electrons. The number of carbonyl (C=O) groups excluding carboxylic acids is 1. The van der Waals surface area contributed by atoms with E-state index in [1.165, 1.54) is 6.20 Å². The summed E-state index contributed by atoms with van der Waals surface area (Å²) in [5, 5.41) is 9.95. The SMILES string of the molecule is CNc1ccncc1C(=O)Nc1cn(C)nc1C. The first kappa shape index (κ1) is 12.1. The molecular formula is C12H15N5O. The third-order valence-electron chi connectivity index (χ3n) is 2.60. The van der Waals surface area contributed by atoms with Gasteiger partial charge in [-0.15, -0.1) is 0 Å². The van der Waals surface area contributed by atoms with E-state index in [0.29, 0.717) is 11.3 Å². The molecule has 2 heterocycles. The van der Waals surface area contributed by atoms with Gasteiger partial charge in [-0.1, -0.05) is 0 Å². The standard InChI is InChI=1S/C12H15N5O/c1-8-11(7-17(3)16-8)15-12(18)9-6-14-5-4-10(9)13-2/h4-7H,1-3H3,(H,13,14)(H,15,18). The van der Waals surface area contributed by atoms with E-state index in [9.17, 15) is 4.79 Å². The minimum atomic E-state index is -0.205. The minimum absolute atomic E-state index is 0.205. The first-order valence-electron chi connectivity index (χ1n) is 5.55. The number of carbonyl (C=O) groups is 1. The van der Waals surface area contributed by atoms with Crippen LogP contribution in [0.15, 0.2) is 24.7 Å². The van der Waals surface area contributed by atoms with Crippen LogP contribution >= 0.6 is 0 Å². The number of hydrogen-bond acceptors (Lipinski definition) is 4. The number of nitrogens with zero attached hydrogens (tertiary/aromatic N) is 3. The van der Waals surface area contributed by atoms with Gasteiger partial charge in [0.1, 0.15) is 0 Å². The molecule has 0 aromatic carbocycles. The van der Waals surface area contributed by atoms with E-state index in [1.807, 2.05) is 14.0 Å². The summed E-state index contributed by atoms with van der Waals surface area (Å²) in [6.07, 6.45) is 4.94. The zero-order chi connectivity index (χ0) is 13.1. The molecule has 18 heavy (non-hydrogen) atoms. The van der Waals surface area contributed by atoms with Crippen molar-refractivity contribution >= 4 is 17.3 Å². The highest BCUT2D eigenvalue weighted by molar-refractivity contribution is 6.07. The number of pyridine rings is 1. The van der Waals surface area contributed by atoms with E-state index in [-0.39, 0.29) is 5.91 Å². The summed E-state index contributed by atoms with van der Waals surface area (Å²) < 4.78 is 1.66.